The van der Waals surface area contributed by atoms with Crippen LogP contribution < -0.4 is 0 Å². The number of benzene rings is 1. The number of rotatable bonds is 3. The smallest absolute Gasteiger partial charge is 0.271 e. The van der Waals surface area contributed by atoms with Crippen molar-refractivity contribution in [3.8, 4) is 5.69 Å². The molecule has 0 aliphatic heterocycles. The van der Waals surface area contributed by atoms with Crippen LogP contribution in [0.1, 0.15) is 42.5 Å². The van der Waals surface area contributed by atoms with E-state index < -0.39 is 4.92 Å². The quantitative estimate of drug-likeness (QED) is 0.492. The molecule has 2 rings (SSSR count). The van der Waals surface area contributed by atoms with Crippen molar-refractivity contribution in [1.82, 2.24) is 15.0 Å². The molecule has 110 valence electrons. The maximum Gasteiger partial charge on any atom is 0.271 e. The summed E-state index contributed by atoms with van der Waals surface area (Å²) in [5.74, 6) is 0. The average molecular weight is 288 g/mol. The molecule has 7 heteroatoms. The van der Waals surface area contributed by atoms with Crippen molar-refractivity contribution in [1.29, 1.82) is 0 Å². The van der Waals surface area contributed by atoms with Crippen molar-refractivity contribution >= 4 is 12.0 Å². The number of aryl methyl sites for hydroxylation is 1. The number of aldehydes is 1. The second kappa shape index (κ2) is 5.08. The molecule has 0 aliphatic carbocycles. The van der Waals surface area contributed by atoms with E-state index in [1.165, 1.54) is 16.8 Å². The van der Waals surface area contributed by atoms with Gasteiger partial charge in [-0.1, -0.05) is 32.1 Å². The van der Waals surface area contributed by atoms with E-state index in [-0.39, 0.29) is 16.8 Å². The first-order valence-electron chi connectivity index (χ1n) is 6.42. The largest absolute Gasteiger partial charge is 0.296 e. The van der Waals surface area contributed by atoms with Crippen molar-refractivity contribution in [2.45, 2.75) is 33.1 Å². The van der Waals surface area contributed by atoms with Gasteiger partial charge in [0.15, 0.2) is 6.29 Å². The van der Waals surface area contributed by atoms with E-state index in [0.717, 1.165) is 5.56 Å². The molecule has 0 aliphatic rings. The van der Waals surface area contributed by atoms with Gasteiger partial charge < -0.3 is 0 Å². The first-order chi connectivity index (χ1) is 9.75. The molecule has 1 heterocycles. The lowest BCUT2D eigenvalue weighted by Crippen LogP contribution is -2.20. The van der Waals surface area contributed by atoms with Gasteiger partial charge in [0.25, 0.3) is 5.69 Å². The van der Waals surface area contributed by atoms with Crippen molar-refractivity contribution < 1.29 is 9.72 Å². The van der Waals surface area contributed by atoms with E-state index in [1.54, 1.807) is 6.07 Å². The topological polar surface area (TPSA) is 90.9 Å². The highest BCUT2D eigenvalue weighted by atomic mass is 16.6. The molecule has 0 unspecified atom stereocenters. The lowest BCUT2D eigenvalue weighted by molar-refractivity contribution is -0.384. The van der Waals surface area contributed by atoms with Crippen LogP contribution >= 0.6 is 0 Å². The molecule has 0 N–H and O–H groups in total. The summed E-state index contributed by atoms with van der Waals surface area (Å²) >= 11 is 0. The third-order valence-corrected chi connectivity index (χ3v) is 3.15. The fraction of sp³-hybridized carbons (Fsp3) is 0.357. The second-order valence-electron chi connectivity index (χ2n) is 5.83. The Bertz CT molecular complexity index is 713. The molecule has 21 heavy (non-hydrogen) atoms. The summed E-state index contributed by atoms with van der Waals surface area (Å²) in [7, 11) is 0. The van der Waals surface area contributed by atoms with Gasteiger partial charge in [0.1, 0.15) is 5.69 Å². The number of carbonyl (C=O) groups excluding carboxylic acids is 1. The number of nitrogens with zero attached hydrogens (tertiary/aromatic N) is 4. The molecule has 1 aromatic heterocycles. The fourth-order valence-electron chi connectivity index (χ4n) is 2.18. The number of aromatic nitrogens is 3. The van der Waals surface area contributed by atoms with E-state index in [0.29, 0.717) is 17.7 Å². The summed E-state index contributed by atoms with van der Waals surface area (Å²) in [6, 6.07) is 4.53. The predicted molar refractivity (Wildman–Crippen MR) is 76.8 cm³/mol. The Hall–Kier alpha value is -2.57. The molecular formula is C14H16N4O3. The Morgan fingerprint density at radius 1 is 1.33 bits per heavy atom. The summed E-state index contributed by atoms with van der Waals surface area (Å²) in [6.07, 6.45) is 0.650. The predicted octanol–water partition coefficient (Wildman–Crippen LogP) is 2.59. The summed E-state index contributed by atoms with van der Waals surface area (Å²) < 4.78 is 1.51. The number of nitro benzene ring substituents is 1. The minimum atomic E-state index is -0.461. The molecule has 2 aromatic rings. The molecule has 7 nitrogen and oxygen atoms in total. The lowest BCUT2D eigenvalue weighted by atomic mass is 9.90. The lowest BCUT2D eigenvalue weighted by Gasteiger charge is -2.20. The van der Waals surface area contributed by atoms with Crippen LogP contribution in [-0.4, -0.2) is 26.2 Å². The van der Waals surface area contributed by atoms with Gasteiger partial charge in [-0.25, -0.2) is 4.68 Å². The van der Waals surface area contributed by atoms with Crippen LogP contribution in [0.15, 0.2) is 18.2 Å². The molecule has 1 aromatic carbocycles. The van der Waals surface area contributed by atoms with E-state index >= 15 is 0 Å². The van der Waals surface area contributed by atoms with E-state index in [1.807, 2.05) is 27.7 Å². The van der Waals surface area contributed by atoms with Gasteiger partial charge in [-0.05, 0) is 12.5 Å². The molecule has 0 saturated heterocycles. The molecular weight excluding hydrogens is 272 g/mol. The molecule has 0 bridgehead atoms. The van der Waals surface area contributed by atoms with Crippen LogP contribution in [0.2, 0.25) is 0 Å². The summed E-state index contributed by atoms with van der Waals surface area (Å²) in [5, 5.41) is 18.8. The van der Waals surface area contributed by atoms with E-state index in [9.17, 15) is 14.9 Å². The zero-order valence-corrected chi connectivity index (χ0v) is 12.3. The minimum Gasteiger partial charge on any atom is -0.296 e. The normalized spacial score (nSPS) is 11.4. The Labute approximate surface area is 121 Å². The zero-order chi connectivity index (χ0) is 15.8. The first kappa shape index (κ1) is 14.8. The molecule has 0 radical (unpaired) electrons. The minimum absolute atomic E-state index is 0.0291. The van der Waals surface area contributed by atoms with Gasteiger partial charge in [-0.15, -0.1) is 5.10 Å². The highest BCUT2D eigenvalue weighted by molar-refractivity contribution is 5.74. The standard InChI is InChI=1S/C14H16N4O3/c1-9-5-6-10(18(20)21)7-12(9)17-13(14(2,3)4)11(8-19)15-16-17/h5-8H,1-4H3. The van der Waals surface area contributed by atoms with Crippen LogP contribution in [0, 0.1) is 17.0 Å². The number of carbonyl (C=O) groups is 1. The highest BCUT2D eigenvalue weighted by Crippen LogP contribution is 2.29. The molecule has 0 spiro atoms. The molecule has 0 atom stereocenters. The summed E-state index contributed by atoms with van der Waals surface area (Å²) in [4.78, 5) is 21.6. The summed E-state index contributed by atoms with van der Waals surface area (Å²) in [6.45, 7) is 7.62. The number of nitro groups is 1. The summed E-state index contributed by atoms with van der Waals surface area (Å²) in [5.41, 5.74) is 1.83. The third-order valence-electron chi connectivity index (χ3n) is 3.15. The maximum absolute atomic E-state index is 11.2. The SMILES string of the molecule is Cc1ccc([N+](=O)[O-])cc1-n1nnc(C=O)c1C(C)(C)C. The first-order valence-corrected chi connectivity index (χ1v) is 6.42. The van der Waals surface area contributed by atoms with Gasteiger partial charge in [-0.3, -0.25) is 14.9 Å². The van der Waals surface area contributed by atoms with Crippen molar-refractivity contribution in [3.05, 3.63) is 45.3 Å². The monoisotopic (exact) mass is 288 g/mol. The van der Waals surface area contributed by atoms with Gasteiger partial charge in [0.2, 0.25) is 0 Å². The van der Waals surface area contributed by atoms with Crippen LogP contribution in [0.5, 0.6) is 0 Å². The van der Waals surface area contributed by atoms with Crippen molar-refractivity contribution in [2.24, 2.45) is 0 Å². The highest BCUT2D eigenvalue weighted by Gasteiger charge is 2.27. The maximum atomic E-state index is 11.2. The average Bonchev–Trinajstić information content (AvgIpc) is 2.82. The van der Waals surface area contributed by atoms with Crippen LogP contribution in [0.4, 0.5) is 5.69 Å². The van der Waals surface area contributed by atoms with Gasteiger partial charge in [0.05, 0.1) is 16.3 Å². The number of hydrogen-bond donors (Lipinski definition) is 0. The molecule has 0 fully saturated rings. The van der Waals surface area contributed by atoms with E-state index in [4.69, 9.17) is 0 Å². The molecule has 0 saturated carbocycles. The van der Waals surface area contributed by atoms with Crippen LogP contribution in [-0.2, 0) is 5.41 Å². The van der Waals surface area contributed by atoms with Crippen molar-refractivity contribution in [3.63, 3.8) is 0 Å². The molecule has 0 amide bonds. The van der Waals surface area contributed by atoms with Crippen LogP contribution in [0.25, 0.3) is 5.69 Å². The Morgan fingerprint density at radius 2 is 2.00 bits per heavy atom. The van der Waals surface area contributed by atoms with Gasteiger partial charge in [0, 0.05) is 17.5 Å². The number of hydrogen-bond acceptors (Lipinski definition) is 5. The number of non-ortho nitro benzene ring substituents is 1. The van der Waals surface area contributed by atoms with Gasteiger partial charge >= 0.3 is 0 Å². The third kappa shape index (κ3) is 2.67. The Morgan fingerprint density at radius 3 is 2.52 bits per heavy atom. The fourth-order valence-corrected chi connectivity index (χ4v) is 2.18. The van der Waals surface area contributed by atoms with E-state index in [2.05, 4.69) is 10.3 Å². The zero-order valence-electron chi connectivity index (χ0n) is 12.3. The Balaban J connectivity index is 2.73. The second-order valence-corrected chi connectivity index (χ2v) is 5.83. The van der Waals surface area contributed by atoms with Crippen molar-refractivity contribution in [2.75, 3.05) is 0 Å². The van der Waals surface area contributed by atoms with Gasteiger partial charge in [-0.2, -0.15) is 0 Å². The Kier molecular flexibility index (Phi) is 3.59. The van der Waals surface area contributed by atoms with Crippen LogP contribution in [0.3, 0.4) is 0 Å².